The number of piperidine rings is 1. The summed E-state index contributed by atoms with van der Waals surface area (Å²) in [6.45, 7) is 6.07. The monoisotopic (exact) mass is 295 g/mol. The summed E-state index contributed by atoms with van der Waals surface area (Å²) < 4.78 is 0. The van der Waals surface area contributed by atoms with E-state index in [4.69, 9.17) is 0 Å². The number of carbonyl (C=O) groups is 2. The maximum absolute atomic E-state index is 12.5. The van der Waals surface area contributed by atoms with Gasteiger partial charge in [-0.2, -0.15) is 0 Å². The van der Waals surface area contributed by atoms with Gasteiger partial charge in [0.15, 0.2) is 0 Å². The number of rotatable bonds is 5. The van der Waals surface area contributed by atoms with Crippen molar-refractivity contribution in [3.8, 4) is 0 Å². The van der Waals surface area contributed by atoms with Crippen molar-refractivity contribution in [2.24, 2.45) is 10.8 Å². The Balaban J connectivity index is 1.94. The molecule has 0 aromatic heterocycles. The second-order valence-electron chi connectivity index (χ2n) is 7.06. The Labute approximate surface area is 127 Å². The zero-order valence-electron chi connectivity index (χ0n) is 13.5. The van der Waals surface area contributed by atoms with Crippen LogP contribution in [-0.4, -0.2) is 35.0 Å². The Bertz CT molecular complexity index is 385. The van der Waals surface area contributed by atoms with Crippen LogP contribution in [0, 0.1) is 10.8 Å². The van der Waals surface area contributed by atoms with Gasteiger partial charge in [-0.3, -0.25) is 9.59 Å². The normalized spacial score (nSPS) is 24.0. The maximum Gasteiger partial charge on any atom is 0.310 e. The summed E-state index contributed by atoms with van der Waals surface area (Å²) in [6, 6.07) is 0. The molecule has 0 bridgehead atoms. The summed E-state index contributed by atoms with van der Waals surface area (Å²) in [5, 5.41) is 9.50. The number of aliphatic carboxylic acids is 1. The van der Waals surface area contributed by atoms with Gasteiger partial charge in [-0.15, -0.1) is 0 Å². The average Bonchev–Trinajstić information content (AvgIpc) is 2.97. The number of carboxylic acid groups (broad SMARTS) is 1. The molecule has 0 spiro atoms. The van der Waals surface area contributed by atoms with Gasteiger partial charge in [0.2, 0.25) is 5.91 Å². The SMILES string of the molecule is CCC1(CC)CCN(C(=O)CC2(C(=O)O)CCCC2)CC1. The molecule has 0 radical (unpaired) electrons. The van der Waals surface area contributed by atoms with E-state index in [-0.39, 0.29) is 12.3 Å². The van der Waals surface area contributed by atoms with Gasteiger partial charge in [-0.05, 0) is 31.1 Å². The molecule has 0 aromatic rings. The fourth-order valence-electron chi connectivity index (χ4n) is 4.11. The molecule has 1 aliphatic carbocycles. The number of hydrogen-bond donors (Lipinski definition) is 1. The summed E-state index contributed by atoms with van der Waals surface area (Å²) in [5.74, 6) is -0.720. The molecule has 1 N–H and O–H groups in total. The molecule has 1 saturated carbocycles. The zero-order chi connectivity index (χ0) is 15.5. The molecule has 120 valence electrons. The van der Waals surface area contributed by atoms with Crippen LogP contribution in [0.25, 0.3) is 0 Å². The second-order valence-corrected chi connectivity index (χ2v) is 7.06. The van der Waals surface area contributed by atoms with E-state index in [0.717, 1.165) is 38.8 Å². The molecule has 2 fully saturated rings. The molecule has 0 atom stereocenters. The second kappa shape index (κ2) is 6.37. The first-order valence-electron chi connectivity index (χ1n) is 8.48. The van der Waals surface area contributed by atoms with Crippen molar-refractivity contribution < 1.29 is 14.7 Å². The third-order valence-corrected chi connectivity index (χ3v) is 6.18. The van der Waals surface area contributed by atoms with Gasteiger partial charge in [0.25, 0.3) is 0 Å². The predicted molar refractivity (Wildman–Crippen MR) is 82.0 cm³/mol. The molecular formula is C17H29NO3. The van der Waals surface area contributed by atoms with E-state index in [1.54, 1.807) is 0 Å². The highest BCUT2D eigenvalue weighted by Gasteiger charge is 2.44. The highest BCUT2D eigenvalue weighted by molar-refractivity contribution is 5.85. The first-order chi connectivity index (χ1) is 9.97. The number of hydrogen-bond acceptors (Lipinski definition) is 2. The van der Waals surface area contributed by atoms with Crippen LogP contribution in [0.5, 0.6) is 0 Å². The number of amides is 1. The molecule has 1 amide bonds. The van der Waals surface area contributed by atoms with E-state index in [0.29, 0.717) is 18.3 Å². The van der Waals surface area contributed by atoms with Crippen molar-refractivity contribution in [1.29, 1.82) is 0 Å². The lowest BCUT2D eigenvalue weighted by Crippen LogP contribution is -2.45. The van der Waals surface area contributed by atoms with E-state index in [1.165, 1.54) is 12.8 Å². The third kappa shape index (κ3) is 3.24. The van der Waals surface area contributed by atoms with E-state index in [2.05, 4.69) is 13.8 Å². The molecule has 0 aromatic carbocycles. The van der Waals surface area contributed by atoms with Gasteiger partial charge in [-0.1, -0.05) is 39.5 Å². The molecule has 1 aliphatic heterocycles. The molecule has 2 aliphatic rings. The minimum atomic E-state index is -0.777. The van der Waals surface area contributed by atoms with E-state index < -0.39 is 11.4 Å². The smallest absolute Gasteiger partial charge is 0.310 e. The van der Waals surface area contributed by atoms with Crippen LogP contribution in [0.2, 0.25) is 0 Å². The molecule has 2 rings (SSSR count). The lowest BCUT2D eigenvalue weighted by atomic mass is 9.74. The number of likely N-dealkylation sites (tertiary alicyclic amines) is 1. The van der Waals surface area contributed by atoms with Crippen LogP contribution in [0.15, 0.2) is 0 Å². The Hall–Kier alpha value is -1.06. The summed E-state index contributed by atoms with van der Waals surface area (Å²) in [4.78, 5) is 26.0. The number of carbonyl (C=O) groups excluding carboxylic acids is 1. The first-order valence-corrected chi connectivity index (χ1v) is 8.48. The van der Waals surface area contributed by atoms with Crippen LogP contribution in [0.1, 0.15) is 71.6 Å². The fraction of sp³-hybridized carbons (Fsp3) is 0.882. The van der Waals surface area contributed by atoms with Gasteiger partial charge in [0.05, 0.1) is 5.41 Å². The zero-order valence-corrected chi connectivity index (χ0v) is 13.5. The maximum atomic E-state index is 12.5. The fourth-order valence-corrected chi connectivity index (χ4v) is 4.11. The molecule has 1 heterocycles. The topological polar surface area (TPSA) is 57.6 Å². The van der Waals surface area contributed by atoms with Crippen molar-refractivity contribution in [2.45, 2.75) is 71.6 Å². The molecule has 4 nitrogen and oxygen atoms in total. The van der Waals surface area contributed by atoms with Crippen molar-refractivity contribution >= 4 is 11.9 Å². The Morgan fingerprint density at radius 3 is 1.95 bits per heavy atom. The number of nitrogens with zero attached hydrogens (tertiary/aromatic N) is 1. The van der Waals surface area contributed by atoms with Crippen molar-refractivity contribution in [3.63, 3.8) is 0 Å². The highest BCUT2D eigenvalue weighted by Crippen LogP contribution is 2.43. The van der Waals surface area contributed by atoms with Crippen LogP contribution in [0.3, 0.4) is 0 Å². The van der Waals surface area contributed by atoms with Crippen LogP contribution in [0.4, 0.5) is 0 Å². The lowest BCUT2D eigenvalue weighted by Gasteiger charge is -2.41. The van der Waals surface area contributed by atoms with E-state index in [1.807, 2.05) is 4.90 Å². The van der Waals surface area contributed by atoms with Crippen molar-refractivity contribution in [1.82, 2.24) is 4.90 Å². The summed E-state index contributed by atoms with van der Waals surface area (Å²) in [5.41, 5.74) is -0.379. The first kappa shape index (κ1) is 16.3. The van der Waals surface area contributed by atoms with Gasteiger partial charge in [0, 0.05) is 19.5 Å². The summed E-state index contributed by atoms with van der Waals surface area (Å²) in [7, 11) is 0. The molecule has 1 saturated heterocycles. The van der Waals surface area contributed by atoms with Gasteiger partial charge in [-0.25, -0.2) is 0 Å². The summed E-state index contributed by atoms with van der Waals surface area (Å²) >= 11 is 0. The predicted octanol–water partition coefficient (Wildman–Crippen LogP) is 3.45. The molecule has 4 heteroatoms. The molecule has 0 unspecified atom stereocenters. The Morgan fingerprint density at radius 1 is 1.00 bits per heavy atom. The van der Waals surface area contributed by atoms with Crippen LogP contribution in [-0.2, 0) is 9.59 Å². The quantitative estimate of drug-likeness (QED) is 0.845. The standard InChI is InChI=1S/C17H29NO3/c1-3-16(4-2)9-11-18(12-10-16)14(19)13-17(15(20)21)7-5-6-8-17/h3-13H2,1-2H3,(H,20,21). The van der Waals surface area contributed by atoms with Crippen molar-refractivity contribution in [3.05, 3.63) is 0 Å². The van der Waals surface area contributed by atoms with Gasteiger partial charge < -0.3 is 10.0 Å². The van der Waals surface area contributed by atoms with Crippen LogP contribution >= 0.6 is 0 Å². The van der Waals surface area contributed by atoms with E-state index >= 15 is 0 Å². The average molecular weight is 295 g/mol. The van der Waals surface area contributed by atoms with Crippen molar-refractivity contribution in [2.75, 3.05) is 13.1 Å². The third-order valence-electron chi connectivity index (χ3n) is 6.18. The molecular weight excluding hydrogens is 266 g/mol. The lowest BCUT2D eigenvalue weighted by molar-refractivity contribution is -0.154. The van der Waals surface area contributed by atoms with Gasteiger partial charge in [0.1, 0.15) is 0 Å². The van der Waals surface area contributed by atoms with Gasteiger partial charge >= 0.3 is 5.97 Å². The number of carboxylic acids is 1. The Morgan fingerprint density at radius 2 is 1.52 bits per heavy atom. The van der Waals surface area contributed by atoms with E-state index in [9.17, 15) is 14.7 Å². The van der Waals surface area contributed by atoms with Crippen LogP contribution < -0.4 is 0 Å². The Kier molecular flexibility index (Phi) is 4.95. The minimum Gasteiger partial charge on any atom is -0.481 e. The largest absolute Gasteiger partial charge is 0.481 e. The highest BCUT2D eigenvalue weighted by atomic mass is 16.4. The molecule has 21 heavy (non-hydrogen) atoms. The summed E-state index contributed by atoms with van der Waals surface area (Å²) in [6.07, 6.45) is 7.87. The minimum absolute atomic E-state index is 0.0557.